The van der Waals surface area contributed by atoms with Crippen LogP contribution in [-0.4, -0.2) is 23.4 Å². The fourth-order valence-electron chi connectivity index (χ4n) is 3.93. The van der Waals surface area contributed by atoms with Gasteiger partial charge in [-0.25, -0.2) is 0 Å². The summed E-state index contributed by atoms with van der Waals surface area (Å²) in [6.07, 6.45) is 1.65. The van der Waals surface area contributed by atoms with Crippen molar-refractivity contribution >= 4 is 0 Å². The van der Waals surface area contributed by atoms with Gasteiger partial charge in [0.15, 0.2) is 0 Å². The Hall–Kier alpha value is -3.92. The van der Waals surface area contributed by atoms with E-state index < -0.39 is 0 Å². The van der Waals surface area contributed by atoms with Crippen LogP contribution in [-0.2, 0) is 0 Å². The quantitative estimate of drug-likeness (QED) is 0.261. The zero-order chi connectivity index (χ0) is 23.9. The lowest BCUT2D eigenvalue weighted by Gasteiger charge is -2.14. The summed E-state index contributed by atoms with van der Waals surface area (Å²) in [6.45, 7) is 5.11. The largest absolute Gasteiger partial charge is 0.507 e. The average Bonchev–Trinajstić information content (AvgIpc) is 2.85. The number of hydrogen-bond donors (Lipinski definition) is 2. The van der Waals surface area contributed by atoms with Gasteiger partial charge in [-0.15, -0.1) is 0 Å². The Labute approximate surface area is 201 Å². The zero-order valence-corrected chi connectivity index (χ0v) is 19.6. The number of hydrogen-bond acceptors (Lipinski definition) is 4. The molecule has 0 spiro atoms. The van der Waals surface area contributed by atoms with E-state index in [0.717, 1.165) is 57.7 Å². The Morgan fingerprint density at radius 3 is 1.38 bits per heavy atom. The van der Waals surface area contributed by atoms with Crippen molar-refractivity contribution < 1.29 is 19.7 Å². The van der Waals surface area contributed by atoms with Crippen LogP contribution in [0.3, 0.4) is 0 Å². The van der Waals surface area contributed by atoms with Gasteiger partial charge in [0.2, 0.25) is 0 Å². The Morgan fingerprint density at radius 2 is 0.941 bits per heavy atom. The number of aromatic hydroxyl groups is 2. The van der Waals surface area contributed by atoms with Crippen molar-refractivity contribution in [3.8, 4) is 45.3 Å². The van der Waals surface area contributed by atoms with Crippen LogP contribution >= 0.6 is 0 Å². The SMILES string of the molecule is Cc1ccc(O)c(-c2ccccc2OCCCCOc2ccccc2-c2cc(C)ccc2O)c1. The zero-order valence-electron chi connectivity index (χ0n) is 19.6. The molecule has 4 aromatic rings. The first-order valence-electron chi connectivity index (χ1n) is 11.6. The van der Waals surface area contributed by atoms with Gasteiger partial charge in [0, 0.05) is 22.3 Å². The molecular formula is C30H30O4. The molecule has 4 aromatic carbocycles. The summed E-state index contributed by atoms with van der Waals surface area (Å²) in [7, 11) is 0. The van der Waals surface area contributed by atoms with E-state index in [4.69, 9.17) is 9.47 Å². The minimum absolute atomic E-state index is 0.244. The maximum Gasteiger partial charge on any atom is 0.127 e. The van der Waals surface area contributed by atoms with E-state index in [0.29, 0.717) is 13.2 Å². The van der Waals surface area contributed by atoms with Crippen LogP contribution in [0.4, 0.5) is 0 Å². The standard InChI is InChI=1S/C30H30O4/c1-21-13-15-27(31)25(19-21)23-9-3-5-11-29(23)33-17-7-8-18-34-30-12-6-4-10-24(30)26-20-22(2)14-16-28(26)32/h3-6,9-16,19-20,31-32H,7-8,17-18H2,1-2H3. The predicted molar refractivity (Wildman–Crippen MR) is 137 cm³/mol. The lowest BCUT2D eigenvalue weighted by molar-refractivity contribution is 0.267. The van der Waals surface area contributed by atoms with Gasteiger partial charge in [-0.2, -0.15) is 0 Å². The number of aryl methyl sites for hydroxylation is 2. The molecule has 4 rings (SSSR count). The molecular weight excluding hydrogens is 424 g/mol. The van der Waals surface area contributed by atoms with Crippen LogP contribution in [0.15, 0.2) is 84.9 Å². The highest BCUT2D eigenvalue weighted by Gasteiger charge is 2.12. The van der Waals surface area contributed by atoms with Gasteiger partial charge in [0.1, 0.15) is 23.0 Å². The molecule has 0 fully saturated rings. The third-order valence-corrected chi connectivity index (χ3v) is 5.71. The summed E-state index contributed by atoms with van der Waals surface area (Å²) >= 11 is 0. The number of phenolic OH excluding ortho intramolecular Hbond substituents is 2. The molecule has 4 heteroatoms. The third-order valence-electron chi connectivity index (χ3n) is 5.71. The highest BCUT2D eigenvalue weighted by atomic mass is 16.5. The fourth-order valence-corrected chi connectivity index (χ4v) is 3.93. The highest BCUT2D eigenvalue weighted by molar-refractivity contribution is 5.77. The summed E-state index contributed by atoms with van der Waals surface area (Å²) < 4.78 is 12.1. The van der Waals surface area contributed by atoms with Crippen LogP contribution in [0.5, 0.6) is 23.0 Å². The van der Waals surface area contributed by atoms with Gasteiger partial charge >= 0.3 is 0 Å². The first-order chi connectivity index (χ1) is 16.5. The minimum atomic E-state index is 0.244. The van der Waals surface area contributed by atoms with Gasteiger partial charge in [-0.1, -0.05) is 59.7 Å². The lowest BCUT2D eigenvalue weighted by Crippen LogP contribution is -2.04. The van der Waals surface area contributed by atoms with Crippen LogP contribution < -0.4 is 9.47 Å². The lowest BCUT2D eigenvalue weighted by atomic mass is 10.0. The molecule has 0 saturated carbocycles. The monoisotopic (exact) mass is 454 g/mol. The summed E-state index contributed by atoms with van der Waals surface area (Å²) in [4.78, 5) is 0. The van der Waals surface area contributed by atoms with Crippen LogP contribution in [0.25, 0.3) is 22.3 Å². The molecule has 0 saturated heterocycles. The first kappa shape index (κ1) is 23.2. The van der Waals surface area contributed by atoms with Crippen molar-refractivity contribution in [3.63, 3.8) is 0 Å². The van der Waals surface area contributed by atoms with Crippen LogP contribution in [0.2, 0.25) is 0 Å². The average molecular weight is 455 g/mol. The molecule has 34 heavy (non-hydrogen) atoms. The highest BCUT2D eigenvalue weighted by Crippen LogP contribution is 2.37. The van der Waals surface area contributed by atoms with Crippen LogP contribution in [0.1, 0.15) is 24.0 Å². The van der Waals surface area contributed by atoms with Gasteiger partial charge < -0.3 is 19.7 Å². The summed E-state index contributed by atoms with van der Waals surface area (Å²) in [5.41, 5.74) is 5.47. The van der Waals surface area contributed by atoms with Crippen molar-refractivity contribution in [2.24, 2.45) is 0 Å². The Morgan fingerprint density at radius 1 is 0.529 bits per heavy atom. The summed E-state index contributed by atoms with van der Waals surface area (Å²) in [5, 5.41) is 20.6. The van der Waals surface area contributed by atoms with E-state index in [1.807, 2.05) is 86.6 Å². The van der Waals surface area contributed by atoms with Gasteiger partial charge in [0.05, 0.1) is 13.2 Å². The first-order valence-corrected chi connectivity index (χ1v) is 11.6. The minimum Gasteiger partial charge on any atom is -0.507 e. The predicted octanol–water partition coefficient (Wildman–Crippen LogP) is 7.29. The smallest absolute Gasteiger partial charge is 0.127 e. The van der Waals surface area contributed by atoms with Crippen molar-refractivity contribution in [1.29, 1.82) is 0 Å². The van der Waals surface area contributed by atoms with Crippen molar-refractivity contribution in [3.05, 3.63) is 96.1 Å². The molecule has 0 aliphatic heterocycles. The summed E-state index contributed by atoms with van der Waals surface area (Å²) in [5.74, 6) is 2.00. The molecule has 0 aliphatic rings. The molecule has 0 heterocycles. The molecule has 2 N–H and O–H groups in total. The molecule has 174 valence electrons. The molecule has 0 amide bonds. The second kappa shape index (κ2) is 10.8. The number of benzene rings is 4. The van der Waals surface area contributed by atoms with Gasteiger partial charge in [-0.3, -0.25) is 0 Å². The third kappa shape index (κ3) is 5.52. The van der Waals surface area contributed by atoms with Crippen molar-refractivity contribution in [2.45, 2.75) is 26.7 Å². The number of rotatable bonds is 9. The molecule has 0 radical (unpaired) electrons. The van der Waals surface area contributed by atoms with E-state index in [2.05, 4.69) is 0 Å². The maximum atomic E-state index is 10.3. The van der Waals surface area contributed by atoms with Crippen molar-refractivity contribution in [2.75, 3.05) is 13.2 Å². The number of ether oxygens (including phenoxy) is 2. The van der Waals surface area contributed by atoms with E-state index in [-0.39, 0.29) is 11.5 Å². The molecule has 0 atom stereocenters. The Balaban J connectivity index is 1.34. The van der Waals surface area contributed by atoms with Gasteiger partial charge in [-0.05, 0) is 63.1 Å². The molecule has 0 bridgehead atoms. The maximum absolute atomic E-state index is 10.3. The number of para-hydroxylation sites is 2. The number of phenols is 2. The van der Waals surface area contributed by atoms with Gasteiger partial charge in [0.25, 0.3) is 0 Å². The fraction of sp³-hybridized carbons (Fsp3) is 0.200. The molecule has 0 aliphatic carbocycles. The van der Waals surface area contributed by atoms with E-state index in [1.165, 1.54) is 0 Å². The Bertz CT molecular complexity index is 1160. The second-order valence-corrected chi connectivity index (χ2v) is 8.44. The topological polar surface area (TPSA) is 58.9 Å². The van der Waals surface area contributed by atoms with E-state index >= 15 is 0 Å². The number of unbranched alkanes of at least 4 members (excludes halogenated alkanes) is 1. The molecule has 4 nitrogen and oxygen atoms in total. The van der Waals surface area contributed by atoms with Crippen molar-refractivity contribution in [1.82, 2.24) is 0 Å². The second-order valence-electron chi connectivity index (χ2n) is 8.44. The molecule has 0 aromatic heterocycles. The van der Waals surface area contributed by atoms with E-state index in [9.17, 15) is 10.2 Å². The van der Waals surface area contributed by atoms with E-state index in [1.54, 1.807) is 12.1 Å². The van der Waals surface area contributed by atoms with Crippen LogP contribution in [0, 0.1) is 13.8 Å². The normalized spacial score (nSPS) is 10.8. The molecule has 0 unspecified atom stereocenters. The Kier molecular flexibility index (Phi) is 7.38. The summed E-state index contributed by atoms with van der Waals surface area (Å²) in [6, 6.07) is 26.7.